The van der Waals surface area contributed by atoms with E-state index in [9.17, 15) is 0 Å². The van der Waals surface area contributed by atoms with Gasteiger partial charge in [-0.2, -0.15) is 0 Å². The number of anilines is 5. The zero-order chi connectivity index (χ0) is 41.5. The van der Waals surface area contributed by atoms with E-state index in [2.05, 4.69) is 204 Å². The van der Waals surface area contributed by atoms with E-state index in [4.69, 9.17) is 0 Å². The van der Waals surface area contributed by atoms with Crippen LogP contribution in [0.3, 0.4) is 0 Å². The lowest BCUT2D eigenvalue weighted by atomic mass is 9.76. The van der Waals surface area contributed by atoms with Gasteiger partial charge in [0.1, 0.15) is 0 Å². The average Bonchev–Trinajstić information content (AvgIpc) is 3.95. The molecule has 2 nitrogen and oxygen atoms in total. The molecular weight excluding hydrogens is 761 g/mol. The van der Waals surface area contributed by atoms with E-state index < -0.39 is 0 Å². The normalized spacial score (nSPS) is 15.7. The van der Waals surface area contributed by atoms with Gasteiger partial charge in [-0.15, -0.1) is 0 Å². The van der Waals surface area contributed by atoms with Gasteiger partial charge in [0.15, 0.2) is 0 Å². The van der Waals surface area contributed by atoms with E-state index in [1.54, 1.807) is 5.56 Å². The van der Waals surface area contributed by atoms with Gasteiger partial charge in [0, 0.05) is 46.8 Å². The monoisotopic (exact) mass is 808 g/mol. The summed E-state index contributed by atoms with van der Waals surface area (Å²) in [7, 11) is 0. The van der Waals surface area contributed by atoms with Crippen molar-refractivity contribution in [3.05, 3.63) is 221 Å². The minimum Gasteiger partial charge on any atom is -0.341 e. The molecule has 2 aliphatic carbocycles. The Morgan fingerprint density at radius 3 is 1.89 bits per heavy atom. The number of nitrogens with zero attached hydrogens (tertiary/aromatic N) is 2. The van der Waals surface area contributed by atoms with Crippen LogP contribution >= 0.6 is 0 Å². The van der Waals surface area contributed by atoms with Crippen LogP contribution in [0.4, 0.5) is 28.4 Å². The summed E-state index contributed by atoms with van der Waals surface area (Å²) in [4.78, 5) is 5.00. The van der Waals surface area contributed by atoms with Gasteiger partial charge in [-0.3, -0.25) is 0 Å². The van der Waals surface area contributed by atoms with Crippen molar-refractivity contribution < 1.29 is 0 Å². The fourth-order valence-corrected chi connectivity index (χ4v) is 11.9. The van der Waals surface area contributed by atoms with Gasteiger partial charge < -0.3 is 9.80 Å². The van der Waals surface area contributed by atoms with E-state index in [-0.39, 0.29) is 5.41 Å². The molecule has 1 fully saturated rings. The van der Waals surface area contributed by atoms with E-state index in [0.717, 1.165) is 13.0 Å². The molecule has 0 atom stereocenters. The Hall–Kier alpha value is -7.16. The van der Waals surface area contributed by atoms with Gasteiger partial charge in [0.05, 0.1) is 0 Å². The minimum absolute atomic E-state index is 0.0972. The molecule has 9 aromatic rings. The smallest absolute Gasteiger partial charge is 0.0497 e. The first-order valence-corrected chi connectivity index (χ1v) is 23.0. The van der Waals surface area contributed by atoms with Gasteiger partial charge in [-0.05, 0) is 157 Å². The number of fused-ring (bicyclic) bond motifs is 10. The van der Waals surface area contributed by atoms with Crippen LogP contribution in [-0.2, 0) is 18.3 Å². The Bertz CT molecular complexity index is 3280. The van der Waals surface area contributed by atoms with Crippen LogP contribution in [0.5, 0.6) is 0 Å². The SMILES string of the molecule is C(=Cc1ccc(-c2ccc3cc(N4c5ccccc5Cc5ccccc54)ccc3c2)c2ccccc12)c1ccc2c(c1)C1(CCCC1)c1cc(N3CCCc4ccccc43)ccc1-2. The molecule has 0 bridgehead atoms. The molecule has 0 N–H and O–H groups in total. The van der Waals surface area contributed by atoms with Crippen molar-refractivity contribution in [1.82, 2.24) is 0 Å². The zero-order valence-corrected chi connectivity index (χ0v) is 35.5. The van der Waals surface area contributed by atoms with E-state index in [0.29, 0.717) is 0 Å². The van der Waals surface area contributed by atoms with Crippen molar-refractivity contribution >= 4 is 62.1 Å². The van der Waals surface area contributed by atoms with E-state index >= 15 is 0 Å². The fraction of sp³-hybridized carbons (Fsp3) is 0.148. The summed E-state index contributed by atoms with van der Waals surface area (Å²) in [6.07, 6.45) is 13.0. The van der Waals surface area contributed by atoms with Gasteiger partial charge in [0.2, 0.25) is 0 Å². The first kappa shape index (κ1) is 36.5. The number of para-hydroxylation sites is 3. The van der Waals surface area contributed by atoms with Gasteiger partial charge >= 0.3 is 0 Å². The molecule has 0 aromatic heterocycles. The summed E-state index contributed by atoms with van der Waals surface area (Å²) in [6, 6.07) is 68.7. The van der Waals surface area contributed by atoms with Crippen LogP contribution in [0, 0.1) is 0 Å². The topological polar surface area (TPSA) is 6.48 Å². The first-order chi connectivity index (χ1) is 31.2. The Morgan fingerprint density at radius 2 is 1.08 bits per heavy atom. The molecule has 1 spiro atoms. The zero-order valence-electron chi connectivity index (χ0n) is 35.5. The molecule has 0 radical (unpaired) electrons. The van der Waals surface area contributed by atoms with Crippen molar-refractivity contribution in [2.45, 2.75) is 50.4 Å². The summed E-state index contributed by atoms with van der Waals surface area (Å²) < 4.78 is 0. The van der Waals surface area contributed by atoms with Crippen molar-refractivity contribution in [3.63, 3.8) is 0 Å². The summed E-state index contributed by atoms with van der Waals surface area (Å²) >= 11 is 0. The molecule has 13 rings (SSSR count). The molecule has 4 aliphatic rings. The quantitative estimate of drug-likeness (QED) is 0.160. The lowest BCUT2D eigenvalue weighted by Gasteiger charge is -2.33. The highest BCUT2D eigenvalue weighted by Gasteiger charge is 2.45. The lowest BCUT2D eigenvalue weighted by molar-refractivity contribution is 0.549. The van der Waals surface area contributed by atoms with Crippen LogP contribution in [-0.4, -0.2) is 6.54 Å². The van der Waals surface area contributed by atoms with Gasteiger partial charge in [-0.25, -0.2) is 0 Å². The van der Waals surface area contributed by atoms with Crippen LogP contribution in [0.2, 0.25) is 0 Å². The van der Waals surface area contributed by atoms with Crippen molar-refractivity contribution in [2.24, 2.45) is 0 Å². The second-order valence-electron chi connectivity index (χ2n) is 18.3. The predicted octanol–water partition coefficient (Wildman–Crippen LogP) is 16.1. The maximum absolute atomic E-state index is 2.57. The molecule has 302 valence electrons. The minimum atomic E-state index is 0.0972. The predicted molar refractivity (Wildman–Crippen MR) is 266 cm³/mol. The maximum Gasteiger partial charge on any atom is 0.0497 e. The number of aryl methyl sites for hydroxylation is 1. The molecule has 2 aliphatic heterocycles. The van der Waals surface area contributed by atoms with Crippen LogP contribution in [0.25, 0.3) is 56.0 Å². The number of hydrogen-bond donors (Lipinski definition) is 0. The number of benzene rings is 9. The molecule has 0 saturated heterocycles. The highest BCUT2D eigenvalue weighted by Crippen LogP contribution is 2.58. The summed E-state index contributed by atoms with van der Waals surface area (Å²) in [5, 5.41) is 5.04. The summed E-state index contributed by atoms with van der Waals surface area (Å²) in [5.41, 5.74) is 21.7. The lowest BCUT2D eigenvalue weighted by Crippen LogP contribution is -2.25. The third kappa shape index (κ3) is 5.85. The molecule has 2 heteroatoms. The molecule has 0 unspecified atom stereocenters. The third-order valence-electron chi connectivity index (χ3n) is 14.9. The van der Waals surface area contributed by atoms with Crippen molar-refractivity contribution in [1.29, 1.82) is 0 Å². The average molecular weight is 809 g/mol. The molecule has 63 heavy (non-hydrogen) atoms. The van der Waals surface area contributed by atoms with Crippen LogP contribution < -0.4 is 9.80 Å². The second-order valence-corrected chi connectivity index (χ2v) is 18.3. The highest BCUT2D eigenvalue weighted by atomic mass is 15.2. The highest BCUT2D eigenvalue weighted by molar-refractivity contribution is 6.04. The molecule has 1 saturated carbocycles. The Balaban J connectivity index is 0.815. The van der Waals surface area contributed by atoms with E-state index in [1.807, 2.05) is 0 Å². The van der Waals surface area contributed by atoms with Gasteiger partial charge in [0.25, 0.3) is 0 Å². The number of hydrogen-bond acceptors (Lipinski definition) is 2. The summed E-state index contributed by atoms with van der Waals surface area (Å²) in [6.45, 7) is 1.08. The Kier molecular flexibility index (Phi) is 8.38. The third-order valence-corrected chi connectivity index (χ3v) is 14.9. The largest absolute Gasteiger partial charge is 0.341 e. The standard InChI is InChI=1S/C61H48N2/c1-6-18-58-43(12-1)15-11-35-62(58)49-29-32-55-54-30-22-41(36-56(54)61(57(55)40-49)33-9-10-34-61)21-23-42-27-31-52(53-17-5-4-16-51(42)53)46-25-24-45-39-50(28-26-44(45)37-46)63-59-19-7-2-13-47(59)38-48-14-3-8-20-60(48)63/h1-8,12-14,16-32,36-37,39-40H,9-11,15,33-35,38H2. The molecular formula is C61H48N2. The van der Waals surface area contributed by atoms with Gasteiger partial charge in [-0.1, -0.05) is 158 Å². The maximum atomic E-state index is 2.57. The van der Waals surface area contributed by atoms with E-state index in [1.165, 1.54) is 144 Å². The van der Waals surface area contributed by atoms with Crippen molar-refractivity contribution in [3.8, 4) is 22.3 Å². The van der Waals surface area contributed by atoms with Crippen molar-refractivity contribution in [2.75, 3.05) is 16.3 Å². The van der Waals surface area contributed by atoms with Crippen LogP contribution in [0.15, 0.2) is 182 Å². The molecule has 9 aromatic carbocycles. The molecule has 0 amide bonds. The fourth-order valence-electron chi connectivity index (χ4n) is 11.9. The first-order valence-electron chi connectivity index (χ1n) is 23.0. The Morgan fingerprint density at radius 1 is 0.444 bits per heavy atom. The Labute approximate surface area is 370 Å². The second kappa shape index (κ2) is 14.5. The number of rotatable bonds is 5. The molecule has 2 heterocycles. The summed E-state index contributed by atoms with van der Waals surface area (Å²) in [5.74, 6) is 0. The van der Waals surface area contributed by atoms with Crippen LogP contribution in [0.1, 0.15) is 71.0 Å².